The number of hydrogen-bond donors (Lipinski definition) is 3. The smallest absolute Gasteiger partial charge is 0.278 e. The number of carbonyl (C=O) groups is 1. The quantitative estimate of drug-likeness (QED) is 0.621. The van der Waals surface area contributed by atoms with Crippen LogP contribution in [0.1, 0.15) is 24.6 Å². The second kappa shape index (κ2) is 6.24. The molecule has 3 N–H and O–H groups in total. The van der Waals surface area contributed by atoms with Gasteiger partial charge in [0.25, 0.3) is 5.91 Å². The van der Waals surface area contributed by atoms with E-state index in [1.165, 1.54) is 35.7 Å². The van der Waals surface area contributed by atoms with Crippen molar-refractivity contribution in [3.8, 4) is 0 Å². The molecule has 20 heavy (non-hydrogen) atoms. The highest BCUT2D eigenvalue weighted by atomic mass is 32.1. The molecule has 2 heterocycles. The van der Waals surface area contributed by atoms with E-state index in [4.69, 9.17) is 0 Å². The van der Waals surface area contributed by atoms with Crippen LogP contribution in [0.2, 0.25) is 0 Å². The number of nitrogens with one attached hydrogen (secondary N) is 3. The molecule has 2 aliphatic rings. The van der Waals surface area contributed by atoms with Gasteiger partial charge in [-0.25, -0.2) is 0 Å². The monoisotopic (exact) mass is 295 g/mol. The van der Waals surface area contributed by atoms with Gasteiger partial charge in [0, 0.05) is 6.04 Å². The van der Waals surface area contributed by atoms with Crippen LogP contribution in [0.4, 0.5) is 0 Å². The lowest BCUT2D eigenvalue weighted by atomic mass is 10.2. The standard InChI is InChI=1S/C15H23N3OS/c1-12(15(19)16-13-4-5-13)18-8-6-17(7-9-18)11-14-3-2-10-20-14/h2-3,10,12-13H,4-9,11H2,1H3,(H,16,19)/p+2/t12-/m0/s1. The van der Waals surface area contributed by atoms with Gasteiger partial charge in [-0.3, -0.25) is 4.79 Å². The maximum atomic E-state index is 12.1. The molecule has 5 heteroatoms. The van der Waals surface area contributed by atoms with E-state index in [-0.39, 0.29) is 11.9 Å². The molecule has 1 aromatic rings. The molecular weight excluding hydrogens is 270 g/mol. The van der Waals surface area contributed by atoms with Gasteiger partial charge in [0.1, 0.15) is 32.7 Å². The zero-order valence-electron chi connectivity index (χ0n) is 12.2. The fraction of sp³-hybridized carbons (Fsp3) is 0.667. The van der Waals surface area contributed by atoms with Gasteiger partial charge in [-0.1, -0.05) is 6.07 Å². The van der Waals surface area contributed by atoms with E-state index in [1.807, 2.05) is 11.3 Å². The molecule has 1 saturated carbocycles. The molecule has 0 unspecified atom stereocenters. The first kappa shape index (κ1) is 14.0. The van der Waals surface area contributed by atoms with Gasteiger partial charge in [-0.05, 0) is 31.2 Å². The second-order valence-corrected chi connectivity index (χ2v) is 7.20. The molecule has 4 nitrogen and oxygen atoms in total. The van der Waals surface area contributed by atoms with E-state index < -0.39 is 0 Å². The Morgan fingerprint density at radius 1 is 1.40 bits per heavy atom. The third-order valence-corrected chi connectivity index (χ3v) is 5.41. The summed E-state index contributed by atoms with van der Waals surface area (Å²) >= 11 is 1.85. The minimum atomic E-state index is 0.110. The highest BCUT2D eigenvalue weighted by molar-refractivity contribution is 7.09. The summed E-state index contributed by atoms with van der Waals surface area (Å²) in [6.07, 6.45) is 2.35. The van der Waals surface area contributed by atoms with E-state index in [1.54, 1.807) is 4.90 Å². The molecule has 1 atom stereocenters. The number of rotatable bonds is 5. The van der Waals surface area contributed by atoms with Crippen LogP contribution in [0, 0.1) is 0 Å². The molecule has 110 valence electrons. The van der Waals surface area contributed by atoms with Gasteiger partial charge in [-0.15, -0.1) is 11.3 Å². The van der Waals surface area contributed by atoms with Gasteiger partial charge in [0.15, 0.2) is 6.04 Å². The normalized spacial score (nSPS) is 28.1. The van der Waals surface area contributed by atoms with Crippen molar-refractivity contribution in [3.05, 3.63) is 22.4 Å². The average Bonchev–Trinajstić information content (AvgIpc) is 3.12. The number of quaternary nitrogens is 2. The second-order valence-electron chi connectivity index (χ2n) is 6.17. The fourth-order valence-electron chi connectivity index (χ4n) is 2.93. The average molecular weight is 295 g/mol. The SMILES string of the molecule is C[C@@H](C(=O)NC1CC1)[NH+]1CC[NH+](Cc2cccs2)CC1. The first-order chi connectivity index (χ1) is 9.72. The van der Waals surface area contributed by atoms with E-state index in [2.05, 4.69) is 29.8 Å². The Morgan fingerprint density at radius 3 is 2.75 bits per heavy atom. The summed E-state index contributed by atoms with van der Waals surface area (Å²) in [5.41, 5.74) is 0. The zero-order valence-corrected chi connectivity index (χ0v) is 13.0. The molecule has 0 bridgehead atoms. The van der Waals surface area contributed by atoms with Crippen LogP contribution in [0.15, 0.2) is 17.5 Å². The highest BCUT2D eigenvalue weighted by Gasteiger charge is 2.33. The van der Waals surface area contributed by atoms with Crippen LogP contribution in [-0.4, -0.2) is 44.2 Å². The summed E-state index contributed by atoms with van der Waals surface area (Å²) < 4.78 is 0. The zero-order chi connectivity index (χ0) is 13.9. The van der Waals surface area contributed by atoms with Crippen LogP contribution >= 0.6 is 11.3 Å². The van der Waals surface area contributed by atoms with Gasteiger partial charge in [0.05, 0.1) is 4.88 Å². The molecule has 1 saturated heterocycles. The number of amides is 1. The van der Waals surface area contributed by atoms with Gasteiger partial charge < -0.3 is 15.1 Å². The first-order valence-corrected chi connectivity index (χ1v) is 8.61. The van der Waals surface area contributed by atoms with E-state index in [9.17, 15) is 4.79 Å². The molecule has 0 aromatic carbocycles. The predicted molar refractivity (Wildman–Crippen MR) is 80.0 cm³/mol. The number of piperazine rings is 1. The summed E-state index contributed by atoms with van der Waals surface area (Å²) in [4.78, 5) is 16.7. The Morgan fingerprint density at radius 2 is 2.15 bits per heavy atom. The lowest BCUT2D eigenvalue weighted by Gasteiger charge is -2.32. The minimum Gasteiger partial charge on any atom is -0.348 e. The van der Waals surface area contributed by atoms with E-state index in [0.29, 0.717) is 6.04 Å². The molecule has 2 fully saturated rings. The lowest BCUT2D eigenvalue weighted by Crippen LogP contribution is -3.29. The molecular formula is C15H25N3OS+2. The molecule has 0 spiro atoms. The summed E-state index contributed by atoms with van der Waals surface area (Å²) in [5.74, 6) is 0.254. The number of hydrogen-bond acceptors (Lipinski definition) is 2. The van der Waals surface area contributed by atoms with Crippen molar-refractivity contribution in [1.29, 1.82) is 0 Å². The topological polar surface area (TPSA) is 38.0 Å². The summed E-state index contributed by atoms with van der Waals surface area (Å²) in [7, 11) is 0. The fourth-order valence-corrected chi connectivity index (χ4v) is 3.71. The molecule has 1 amide bonds. The van der Waals surface area contributed by atoms with Crippen molar-refractivity contribution in [1.82, 2.24) is 5.32 Å². The summed E-state index contributed by atoms with van der Waals surface area (Å²) in [6, 6.07) is 4.95. The van der Waals surface area contributed by atoms with Crippen LogP contribution in [0.3, 0.4) is 0 Å². The van der Waals surface area contributed by atoms with E-state index in [0.717, 1.165) is 19.6 Å². The molecule has 1 aromatic heterocycles. The molecule has 3 rings (SSSR count). The summed E-state index contributed by atoms with van der Waals surface area (Å²) in [6.45, 7) is 7.80. The number of thiophene rings is 1. The Hall–Kier alpha value is -0.910. The Labute approximate surface area is 124 Å². The highest BCUT2D eigenvalue weighted by Crippen LogP contribution is 2.18. The van der Waals surface area contributed by atoms with Crippen molar-refractivity contribution in [2.45, 2.75) is 38.4 Å². The molecule has 1 aliphatic carbocycles. The van der Waals surface area contributed by atoms with Crippen molar-refractivity contribution < 1.29 is 14.6 Å². The van der Waals surface area contributed by atoms with Crippen molar-refractivity contribution in [3.63, 3.8) is 0 Å². The Balaban J connectivity index is 1.44. The predicted octanol–water partition coefficient (Wildman–Crippen LogP) is -1.30. The van der Waals surface area contributed by atoms with Crippen molar-refractivity contribution >= 4 is 17.2 Å². The Kier molecular flexibility index (Phi) is 4.38. The molecule has 1 aliphatic heterocycles. The minimum absolute atomic E-state index is 0.110. The molecule has 0 radical (unpaired) electrons. The Bertz CT molecular complexity index is 436. The lowest BCUT2D eigenvalue weighted by molar-refractivity contribution is -1.02. The number of carbonyl (C=O) groups excluding carboxylic acids is 1. The third kappa shape index (κ3) is 3.59. The van der Waals surface area contributed by atoms with Crippen LogP contribution < -0.4 is 15.1 Å². The first-order valence-electron chi connectivity index (χ1n) is 7.73. The third-order valence-electron chi connectivity index (χ3n) is 4.53. The van der Waals surface area contributed by atoms with Crippen molar-refractivity contribution in [2.75, 3.05) is 26.2 Å². The van der Waals surface area contributed by atoms with Crippen LogP contribution in [0.25, 0.3) is 0 Å². The largest absolute Gasteiger partial charge is 0.348 e. The maximum Gasteiger partial charge on any atom is 0.278 e. The van der Waals surface area contributed by atoms with Crippen LogP contribution in [-0.2, 0) is 11.3 Å². The van der Waals surface area contributed by atoms with Gasteiger partial charge in [0.2, 0.25) is 0 Å². The van der Waals surface area contributed by atoms with E-state index >= 15 is 0 Å². The summed E-state index contributed by atoms with van der Waals surface area (Å²) in [5, 5.41) is 5.29. The van der Waals surface area contributed by atoms with Gasteiger partial charge >= 0.3 is 0 Å². The van der Waals surface area contributed by atoms with Gasteiger partial charge in [-0.2, -0.15) is 0 Å². The maximum absolute atomic E-state index is 12.1. The van der Waals surface area contributed by atoms with Crippen molar-refractivity contribution in [2.24, 2.45) is 0 Å². The van der Waals surface area contributed by atoms with Crippen LogP contribution in [0.5, 0.6) is 0 Å².